The highest BCUT2D eigenvalue weighted by molar-refractivity contribution is 7.80. The van der Waals surface area contributed by atoms with E-state index in [-0.39, 0.29) is 10.8 Å². The third-order valence-electron chi connectivity index (χ3n) is 4.35. The van der Waals surface area contributed by atoms with Gasteiger partial charge >= 0.3 is 6.18 Å². The van der Waals surface area contributed by atoms with Crippen LogP contribution in [0.5, 0.6) is 0 Å². The number of rotatable bonds is 5. The van der Waals surface area contributed by atoms with Crippen LogP contribution in [-0.4, -0.2) is 41.0 Å². The van der Waals surface area contributed by atoms with Gasteiger partial charge in [0.2, 0.25) is 5.95 Å². The lowest BCUT2D eigenvalue weighted by atomic mass is 10.0. The smallest absolute Gasteiger partial charge is 0.357 e. The minimum absolute atomic E-state index is 0.186. The third-order valence-corrected chi connectivity index (χ3v) is 4.81. The van der Waals surface area contributed by atoms with Gasteiger partial charge in [-0.25, -0.2) is 14.4 Å². The SMILES string of the molecule is CNc1ncc(N(C(=S)N(C)c2ccc(C#N)c(C(F)(F)F)c2F)C(C)(C)C=O)cn1. The summed E-state index contributed by atoms with van der Waals surface area (Å²) in [4.78, 5) is 22.1. The van der Waals surface area contributed by atoms with E-state index in [0.717, 1.165) is 17.0 Å². The molecule has 1 heterocycles. The van der Waals surface area contributed by atoms with E-state index in [1.807, 2.05) is 0 Å². The zero-order valence-corrected chi connectivity index (χ0v) is 17.8. The molecule has 2 rings (SSSR count). The molecule has 12 heteroatoms. The molecule has 1 aromatic carbocycles. The Kier molecular flexibility index (Phi) is 6.80. The molecule has 0 atom stereocenters. The van der Waals surface area contributed by atoms with E-state index in [1.165, 1.54) is 44.3 Å². The predicted molar refractivity (Wildman–Crippen MR) is 111 cm³/mol. The van der Waals surface area contributed by atoms with E-state index in [9.17, 15) is 22.4 Å². The summed E-state index contributed by atoms with van der Waals surface area (Å²) in [5.41, 5.74) is -4.07. The molecule has 0 amide bonds. The molecule has 0 aliphatic heterocycles. The summed E-state index contributed by atoms with van der Waals surface area (Å²) in [7, 11) is 2.86. The molecule has 0 spiro atoms. The molecule has 0 saturated carbocycles. The first-order valence-electron chi connectivity index (χ1n) is 8.72. The summed E-state index contributed by atoms with van der Waals surface area (Å²) in [5, 5.41) is 11.5. The van der Waals surface area contributed by atoms with Crippen LogP contribution in [-0.2, 0) is 11.0 Å². The maximum Gasteiger partial charge on any atom is 0.420 e. The molecule has 0 saturated heterocycles. The van der Waals surface area contributed by atoms with Gasteiger partial charge in [-0.2, -0.15) is 18.4 Å². The van der Waals surface area contributed by atoms with Crippen LogP contribution in [0.1, 0.15) is 25.0 Å². The first kappa shape index (κ1) is 23.9. The number of carbonyl (C=O) groups is 1. The number of thiocarbonyl (C=S) groups is 1. The molecule has 31 heavy (non-hydrogen) atoms. The summed E-state index contributed by atoms with van der Waals surface area (Å²) in [5.74, 6) is -1.36. The molecule has 1 N–H and O–H groups in total. The molecule has 164 valence electrons. The topological polar surface area (TPSA) is 85.2 Å². The van der Waals surface area contributed by atoms with Gasteiger partial charge in [-0.1, -0.05) is 0 Å². The summed E-state index contributed by atoms with van der Waals surface area (Å²) in [6.45, 7) is 3.03. The molecule has 2 aromatic rings. The Labute approximate surface area is 181 Å². The average molecular weight is 454 g/mol. The molecule has 0 aliphatic carbocycles. The fraction of sp³-hybridized carbons (Fsp3) is 0.316. The van der Waals surface area contributed by atoms with Crippen molar-refractivity contribution in [1.82, 2.24) is 9.97 Å². The van der Waals surface area contributed by atoms with Crippen molar-refractivity contribution in [2.24, 2.45) is 0 Å². The van der Waals surface area contributed by atoms with Crippen molar-refractivity contribution in [3.05, 3.63) is 41.5 Å². The number of anilines is 3. The molecular formula is C19H18F4N6OS. The van der Waals surface area contributed by atoms with Gasteiger partial charge < -0.3 is 19.9 Å². The normalized spacial score (nSPS) is 11.5. The predicted octanol–water partition coefficient (Wildman–Crippen LogP) is 3.75. The minimum atomic E-state index is -5.09. The Morgan fingerprint density at radius 1 is 1.26 bits per heavy atom. The number of nitriles is 1. The Balaban J connectivity index is 2.60. The second-order valence-electron chi connectivity index (χ2n) is 6.89. The van der Waals surface area contributed by atoms with Gasteiger partial charge in [0.15, 0.2) is 10.9 Å². The number of nitrogens with zero attached hydrogens (tertiary/aromatic N) is 5. The quantitative estimate of drug-likeness (QED) is 0.415. The molecule has 1 aromatic heterocycles. The molecule has 7 nitrogen and oxygen atoms in total. The van der Waals surface area contributed by atoms with Crippen LogP contribution in [0.15, 0.2) is 24.5 Å². The Bertz CT molecular complexity index is 1030. The van der Waals surface area contributed by atoms with E-state index >= 15 is 0 Å². The monoisotopic (exact) mass is 454 g/mol. The van der Waals surface area contributed by atoms with E-state index in [0.29, 0.717) is 12.2 Å². The number of halogens is 4. The van der Waals surface area contributed by atoms with Crippen molar-refractivity contribution in [2.75, 3.05) is 29.2 Å². The molecule has 0 bridgehead atoms. The number of hydrogen-bond donors (Lipinski definition) is 1. The zero-order valence-electron chi connectivity index (χ0n) is 17.0. The third kappa shape index (κ3) is 4.72. The second-order valence-corrected chi connectivity index (χ2v) is 7.26. The van der Waals surface area contributed by atoms with Gasteiger partial charge in [0.1, 0.15) is 11.8 Å². The van der Waals surface area contributed by atoms with Crippen molar-refractivity contribution < 1.29 is 22.4 Å². The van der Waals surface area contributed by atoms with E-state index in [2.05, 4.69) is 15.3 Å². The first-order valence-corrected chi connectivity index (χ1v) is 9.13. The van der Waals surface area contributed by atoms with E-state index in [1.54, 1.807) is 7.05 Å². The molecule has 0 aliphatic rings. The number of hydrogen-bond acceptors (Lipinski definition) is 6. The van der Waals surface area contributed by atoms with E-state index < -0.39 is 34.3 Å². The standard InChI is InChI=1S/C19H18F4N6OS/c1-18(2,10-30)29(12-8-26-16(25-3)27-9-12)17(31)28(4)13-6-5-11(7-24)14(15(13)20)19(21,22)23/h5-6,8-10H,1-4H3,(H,25,26,27). The molecule has 0 fully saturated rings. The number of nitrogens with one attached hydrogen (secondary N) is 1. The number of carbonyl (C=O) groups excluding carboxylic acids is 1. The summed E-state index contributed by atoms with van der Waals surface area (Å²) in [6.07, 6.45) is -1.79. The highest BCUT2D eigenvalue weighted by Gasteiger charge is 2.40. The van der Waals surface area contributed by atoms with Crippen LogP contribution >= 0.6 is 12.2 Å². The largest absolute Gasteiger partial charge is 0.420 e. The molecule has 0 radical (unpaired) electrons. The van der Waals surface area contributed by atoms with Gasteiger partial charge in [0.05, 0.1) is 40.9 Å². The van der Waals surface area contributed by atoms with Crippen LogP contribution in [0.25, 0.3) is 0 Å². The lowest BCUT2D eigenvalue weighted by Crippen LogP contribution is -2.54. The number of aldehydes is 1. The Morgan fingerprint density at radius 2 is 1.84 bits per heavy atom. The second kappa shape index (κ2) is 8.81. The van der Waals surface area contributed by atoms with Gasteiger partial charge in [-0.05, 0) is 38.2 Å². The Hall–Kier alpha value is -3.33. The van der Waals surface area contributed by atoms with Crippen molar-refractivity contribution in [2.45, 2.75) is 25.6 Å². The summed E-state index contributed by atoms with van der Waals surface area (Å²) >= 11 is 5.40. The van der Waals surface area contributed by atoms with Gasteiger partial charge in [-0.15, -0.1) is 0 Å². The number of benzene rings is 1. The van der Waals surface area contributed by atoms with Crippen LogP contribution in [0.4, 0.5) is 34.9 Å². The van der Waals surface area contributed by atoms with Crippen LogP contribution in [0.2, 0.25) is 0 Å². The van der Waals surface area contributed by atoms with Crippen molar-refractivity contribution in [3.63, 3.8) is 0 Å². The van der Waals surface area contributed by atoms with Crippen LogP contribution < -0.4 is 15.1 Å². The van der Waals surface area contributed by atoms with Crippen molar-refractivity contribution >= 4 is 40.9 Å². The highest BCUT2D eigenvalue weighted by Crippen LogP contribution is 2.38. The first-order chi connectivity index (χ1) is 14.4. The zero-order chi connectivity index (χ0) is 23.6. The molecule has 0 unspecified atom stereocenters. The van der Waals surface area contributed by atoms with Crippen molar-refractivity contribution in [3.8, 4) is 6.07 Å². The fourth-order valence-electron chi connectivity index (χ4n) is 2.76. The number of aromatic nitrogens is 2. The van der Waals surface area contributed by atoms with Crippen LogP contribution in [0.3, 0.4) is 0 Å². The van der Waals surface area contributed by atoms with Gasteiger partial charge in [0, 0.05) is 14.1 Å². The maximum absolute atomic E-state index is 14.9. The average Bonchev–Trinajstić information content (AvgIpc) is 2.72. The van der Waals surface area contributed by atoms with E-state index in [4.69, 9.17) is 17.5 Å². The number of alkyl halides is 3. The summed E-state index contributed by atoms with van der Waals surface area (Å²) in [6, 6.07) is 3.22. The highest BCUT2D eigenvalue weighted by atomic mass is 32.1. The Morgan fingerprint density at radius 3 is 2.29 bits per heavy atom. The maximum atomic E-state index is 14.9. The summed E-state index contributed by atoms with van der Waals surface area (Å²) < 4.78 is 54.9. The lowest BCUT2D eigenvalue weighted by Gasteiger charge is -2.39. The lowest BCUT2D eigenvalue weighted by molar-refractivity contribution is -0.140. The fourth-order valence-corrected chi connectivity index (χ4v) is 3.19. The van der Waals surface area contributed by atoms with Gasteiger partial charge in [-0.3, -0.25) is 0 Å². The minimum Gasteiger partial charge on any atom is -0.357 e. The van der Waals surface area contributed by atoms with Crippen molar-refractivity contribution in [1.29, 1.82) is 5.26 Å². The van der Waals surface area contributed by atoms with Gasteiger partial charge in [0.25, 0.3) is 0 Å². The molecular weight excluding hydrogens is 436 g/mol. The van der Waals surface area contributed by atoms with Crippen LogP contribution in [0, 0.1) is 17.1 Å².